The minimum atomic E-state index is 1.03. The van der Waals surface area contributed by atoms with Gasteiger partial charge >= 0.3 is 0 Å². The molecule has 1 aliphatic carbocycles. The van der Waals surface area contributed by atoms with Gasteiger partial charge in [-0.1, -0.05) is 133 Å². The summed E-state index contributed by atoms with van der Waals surface area (Å²) < 4.78 is 2.49. The molecule has 8 aromatic rings. The zero-order valence-corrected chi connectivity index (χ0v) is 27.8. The molecule has 0 N–H and O–H groups in total. The maximum Gasteiger partial charge on any atom is 0.0537 e. The normalized spacial score (nSPS) is 12.2. The van der Waals surface area contributed by atoms with Gasteiger partial charge in [0.2, 0.25) is 0 Å². The molecule has 0 amide bonds. The average Bonchev–Trinajstić information content (AvgIpc) is 3.54. The molecule has 2 heteroatoms. The number of allylic oxidation sites excluding steroid dienone is 1. The van der Waals surface area contributed by atoms with Crippen LogP contribution in [-0.4, -0.2) is 4.57 Å². The quantitative estimate of drug-likeness (QED) is 0.168. The summed E-state index contributed by atoms with van der Waals surface area (Å²) in [6.45, 7) is 0. The molecular weight excluding hydrogens is 605 g/mol. The Morgan fingerprint density at radius 1 is 0.420 bits per heavy atom. The van der Waals surface area contributed by atoms with Crippen molar-refractivity contribution in [3.05, 3.63) is 199 Å². The molecule has 1 aliphatic rings. The van der Waals surface area contributed by atoms with E-state index >= 15 is 0 Å². The van der Waals surface area contributed by atoms with E-state index in [9.17, 15) is 0 Å². The van der Waals surface area contributed by atoms with Crippen LogP contribution < -0.4 is 4.90 Å². The molecule has 0 radical (unpaired) electrons. The second-order valence-electron chi connectivity index (χ2n) is 12.9. The van der Waals surface area contributed by atoms with E-state index in [1.165, 1.54) is 61.2 Å². The number of aromatic nitrogens is 1. The van der Waals surface area contributed by atoms with Gasteiger partial charge in [-0.15, -0.1) is 0 Å². The lowest BCUT2D eigenvalue weighted by Gasteiger charge is -2.26. The molecule has 238 valence electrons. The van der Waals surface area contributed by atoms with E-state index in [-0.39, 0.29) is 0 Å². The van der Waals surface area contributed by atoms with E-state index in [1.54, 1.807) is 0 Å². The first-order valence-electron chi connectivity index (χ1n) is 17.4. The Morgan fingerprint density at radius 2 is 0.900 bits per heavy atom. The van der Waals surface area contributed by atoms with Gasteiger partial charge in [-0.3, -0.25) is 0 Å². The molecule has 0 spiro atoms. The summed E-state index contributed by atoms with van der Waals surface area (Å²) in [5.74, 6) is 0. The fourth-order valence-corrected chi connectivity index (χ4v) is 7.43. The van der Waals surface area contributed by atoms with E-state index in [4.69, 9.17) is 0 Å². The number of hydrogen-bond acceptors (Lipinski definition) is 1. The van der Waals surface area contributed by atoms with Gasteiger partial charge in [-0.2, -0.15) is 0 Å². The van der Waals surface area contributed by atoms with Gasteiger partial charge in [0, 0.05) is 39.4 Å². The summed E-state index contributed by atoms with van der Waals surface area (Å²) in [5, 5.41) is 1.31. The fourth-order valence-electron chi connectivity index (χ4n) is 7.43. The molecule has 0 bridgehead atoms. The summed E-state index contributed by atoms with van der Waals surface area (Å²) in [6, 6.07) is 65.7. The third kappa shape index (κ3) is 5.51. The number of para-hydroxylation sites is 2. The van der Waals surface area contributed by atoms with Crippen molar-refractivity contribution in [2.24, 2.45) is 0 Å². The van der Waals surface area contributed by atoms with Crippen LogP contribution in [0.1, 0.15) is 17.7 Å². The van der Waals surface area contributed by atoms with E-state index in [0.29, 0.717) is 0 Å². The monoisotopic (exact) mass is 640 g/mol. The van der Waals surface area contributed by atoms with Crippen molar-refractivity contribution in [3.63, 3.8) is 0 Å². The van der Waals surface area contributed by atoms with Crippen LogP contribution in [0.4, 0.5) is 17.1 Å². The number of rotatable bonds is 7. The standard InChI is InChI=1S/C48H36N2/c1-4-14-35(15-5-1)37-24-28-42(29-25-37)49(41-18-8-3-9-19-41)43-30-26-38(27-31-43)40-32-39(36-16-6-2-7-17-36)33-44(34-40)50-47-22-12-10-20-45(47)46-21-11-13-23-48(46)50/h1-12,14-22,24-34H,13,23H2. The highest BCUT2D eigenvalue weighted by molar-refractivity contribution is 5.94. The first-order valence-corrected chi connectivity index (χ1v) is 17.4. The molecule has 0 aliphatic heterocycles. The lowest BCUT2D eigenvalue weighted by molar-refractivity contribution is 0.889. The van der Waals surface area contributed by atoms with Crippen molar-refractivity contribution >= 4 is 34.0 Å². The average molecular weight is 641 g/mol. The third-order valence-electron chi connectivity index (χ3n) is 9.84. The van der Waals surface area contributed by atoms with Gasteiger partial charge < -0.3 is 9.47 Å². The predicted octanol–water partition coefficient (Wildman–Crippen LogP) is 13.1. The number of nitrogens with zero attached hydrogens (tertiary/aromatic N) is 2. The van der Waals surface area contributed by atoms with E-state index in [2.05, 4.69) is 204 Å². The highest BCUT2D eigenvalue weighted by Gasteiger charge is 2.20. The Labute approximate surface area is 293 Å². The topological polar surface area (TPSA) is 8.17 Å². The molecule has 0 unspecified atom stereocenters. The Morgan fingerprint density at radius 3 is 1.52 bits per heavy atom. The number of fused-ring (bicyclic) bond motifs is 3. The summed E-state index contributed by atoms with van der Waals surface area (Å²) in [7, 11) is 0. The zero-order chi connectivity index (χ0) is 33.3. The van der Waals surface area contributed by atoms with Crippen LogP contribution in [0.15, 0.2) is 188 Å². The predicted molar refractivity (Wildman–Crippen MR) is 212 cm³/mol. The van der Waals surface area contributed by atoms with Gasteiger partial charge in [-0.05, 0) is 107 Å². The largest absolute Gasteiger partial charge is 0.313 e. The number of hydrogen-bond donors (Lipinski definition) is 0. The zero-order valence-electron chi connectivity index (χ0n) is 27.8. The minimum Gasteiger partial charge on any atom is -0.313 e. The van der Waals surface area contributed by atoms with Crippen LogP contribution in [0, 0.1) is 0 Å². The molecule has 2 nitrogen and oxygen atoms in total. The molecule has 9 rings (SSSR count). The van der Waals surface area contributed by atoms with Gasteiger partial charge in [0.15, 0.2) is 0 Å². The Bertz CT molecular complexity index is 2440. The van der Waals surface area contributed by atoms with Crippen molar-refractivity contribution in [3.8, 4) is 39.1 Å². The van der Waals surface area contributed by atoms with E-state index in [0.717, 1.165) is 29.9 Å². The Kier molecular flexibility index (Phi) is 7.68. The van der Waals surface area contributed by atoms with Gasteiger partial charge in [0.1, 0.15) is 0 Å². The van der Waals surface area contributed by atoms with Gasteiger partial charge in [0.25, 0.3) is 0 Å². The van der Waals surface area contributed by atoms with Crippen LogP contribution >= 0.6 is 0 Å². The molecule has 0 saturated heterocycles. The number of benzene rings is 7. The van der Waals surface area contributed by atoms with Gasteiger partial charge in [-0.25, -0.2) is 0 Å². The van der Waals surface area contributed by atoms with Crippen LogP contribution in [0.25, 0.3) is 56.0 Å². The molecule has 1 heterocycles. The molecule has 50 heavy (non-hydrogen) atoms. The van der Waals surface area contributed by atoms with E-state index in [1.807, 2.05) is 0 Å². The third-order valence-corrected chi connectivity index (χ3v) is 9.84. The first-order chi connectivity index (χ1) is 24.8. The van der Waals surface area contributed by atoms with Crippen molar-refractivity contribution < 1.29 is 0 Å². The SMILES string of the molecule is C1=Cc2c(n(-c3cc(-c4ccccc4)cc(-c4ccc(N(c5ccccc5)c5ccc(-c6ccccc6)cc5)cc4)c3)c3ccccc23)CC1. The summed E-state index contributed by atoms with van der Waals surface area (Å²) in [5.41, 5.74) is 15.8. The Balaban J connectivity index is 1.15. The lowest BCUT2D eigenvalue weighted by Crippen LogP contribution is -2.09. The summed E-state index contributed by atoms with van der Waals surface area (Å²) in [4.78, 5) is 2.33. The first kappa shape index (κ1) is 29.7. The fraction of sp³-hybridized carbons (Fsp3) is 0.0417. The Hall–Kier alpha value is -6.38. The highest BCUT2D eigenvalue weighted by atomic mass is 15.1. The second-order valence-corrected chi connectivity index (χ2v) is 12.9. The molecule has 0 saturated carbocycles. The molecule has 0 fully saturated rings. The maximum atomic E-state index is 2.49. The van der Waals surface area contributed by atoms with Crippen LogP contribution in [0.2, 0.25) is 0 Å². The number of anilines is 3. The highest BCUT2D eigenvalue weighted by Crippen LogP contribution is 2.39. The second kappa shape index (κ2) is 12.9. The molecular formula is C48H36N2. The van der Waals surface area contributed by atoms with Crippen LogP contribution in [-0.2, 0) is 6.42 Å². The maximum absolute atomic E-state index is 2.49. The van der Waals surface area contributed by atoms with Gasteiger partial charge in [0.05, 0.1) is 5.52 Å². The summed E-state index contributed by atoms with van der Waals surface area (Å²) >= 11 is 0. The van der Waals surface area contributed by atoms with Crippen LogP contribution in [0.5, 0.6) is 0 Å². The van der Waals surface area contributed by atoms with Crippen molar-refractivity contribution in [2.45, 2.75) is 12.8 Å². The minimum absolute atomic E-state index is 1.03. The van der Waals surface area contributed by atoms with Crippen LogP contribution in [0.3, 0.4) is 0 Å². The molecule has 1 aromatic heterocycles. The van der Waals surface area contributed by atoms with Crippen molar-refractivity contribution in [1.29, 1.82) is 0 Å². The van der Waals surface area contributed by atoms with E-state index < -0.39 is 0 Å². The summed E-state index contributed by atoms with van der Waals surface area (Å²) in [6.07, 6.45) is 6.71. The molecule has 7 aromatic carbocycles. The van der Waals surface area contributed by atoms with Crippen molar-refractivity contribution in [2.75, 3.05) is 4.90 Å². The lowest BCUT2D eigenvalue weighted by atomic mass is 9.97. The smallest absolute Gasteiger partial charge is 0.0537 e. The molecule has 0 atom stereocenters. The van der Waals surface area contributed by atoms with Crippen molar-refractivity contribution in [1.82, 2.24) is 4.57 Å².